The highest BCUT2D eigenvalue weighted by atomic mass is 16.5. The third kappa shape index (κ3) is 4.94. The highest BCUT2D eigenvalue weighted by Crippen LogP contribution is 2.16. The molecule has 1 fully saturated rings. The topological polar surface area (TPSA) is 30.5 Å². The van der Waals surface area contributed by atoms with E-state index < -0.39 is 0 Å². The van der Waals surface area contributed by atoms with E-state index in [1.165, 1.54) is 5.56 Å². The van der Waals surface area contributed by atoms with Crippen LogP contribution < -0.4 is 5.32 Å². The number of ether oxygens (including phenoxy) is 2. The van der Waals surface area contributed by atoms with Crippen LogP contribution in [0.4, 0.5) is 0 Å². The Morgan fingerprint density at radius 2 is 2.21 bits per heavy atom. The molecule has 0 spiro atoms. The highest BCUT2D eigenvalue weighted by Gasteiger charge is 2.17. The first-order valence-electron chi connectivity index (χ1n) is 7.34. The summed E-state index contributed by atoms with van der Waals surface area (Å²) >= 11 is 0. The van der Waals surface area contributed by atoms with Gasteiger partial charge in [-0.05, 0) is 24.9 Å². The van der Waals surface area contributed by atoms with E-state index in [0.29, 0.717) is 12.0 Å². The Hall–Kier alpha value is -0.900. The van der Waals surface area contributed by atoms with Gasteiger partial charge in [-0.15, -0.1) is 0 Å². The SMILES string of the molecule is CCCNC(COCC1CCOC1)c1ccccc1. The third-order valence-electron chi connectivity index (χ3n) is 3.50. The van der Waals surface area contributed by atoms with Crippen LogP contribution in [-0.4, -0.2) is 33.0 Å². The summed E-state index contributed by atoms with van der Waals surface area (Å²) in [6, 6.07) is 10.8. The first-order valence-corrected chi connectivity index (χ1v) is 7.34. The van der Waals surface area contributed by atoms with E-state index in [9.17, 15) is 0 Å². The Morgan fingerprint density at radius 3 is 2.89 bits per heavy atom. The van der Waals surface area contributed by atoms with Crippen molar-refractivity contribution in [2.75, 3.05) is 33.0 Å². The zero-order valence-electron chi connectivity index (χ0n) is 11.8. The minimum atomic E-state index is 0.295. The maximum atomic E-state index is 5.89. The summed E-state index contributed by atoms with van der Waals surface area (Å²) in [6.45, 7) is 6.52. The molecule has 19 heavy (non-hydrogen) atoms. The Morgan fingerprint density at radius 1 is 1.37 bits per heavy atom. The van der Waals surface area contributed by atoms with Crippen molar-refractivity contribution in [2.24, 2.45) is 5.92 Å². The smallest absolute Gasteiger partial charge is 0.0661 e. The van der Waals surface area contributed by atoms with E-state index in [1.54, 1.807) is 0 Å². The Balaban J connectivity index is 1.79. The first-order chi connectivity index (χ1) is 9.40. The fourth-order valence-corrected chi connectivity index (χ4v) is 2.34. The summed E-state index contributed by atoms with van der Waals surface area (Å²) in [7, 11) is 0. The van der Waals surface area contributed by atoms with E-state index in [0.717, 1.165) is 45.8 Å². The molecule has 2 atom stereocenters. The fourth-order valence-electron chi connectivity index (χ4n) is 2.34. The van der Waals surface area contributed by atoms with Crippen molar-refractivity contribution in [2.45, 2.75) is 25.8 Å². The lowest BCUT2D eigenvalue weighted by Gasteiger charge is -2.20. The molecule has 2 rings (SSSR count). The second-order valence-electron chi connectivity index (χ2n) is 5.18. The van der Waals surface area contributed by atoms with Crippen LogP contribution in [0.25, 0.3) is 0 Å². The standard InChI is InChI=1S/C16H25NO2/c1-2-9-17-16(15-6-4-3-5-7-15)13-19-12-14-8-10-18-11-14/h3-7,14,16-17H,2,8-13H2,1H3. The van der Waals surface area contributed by atoms with E-state index in [4.69, 9.17) is 9.47 Å². The predicted molar refractivity (Wildman–Crippen MR) is 77.2 cm³/mol. The van der Waals surface area contributed by atoms with Crippen LogP contribution in [0.2, 0.25) is 0 Å². The second-order valence-corrected chi connectivity index (χ2v) is 5.18. The average molecular weight is 263 g/mol. The number of hydrogen-bond donors (Lipinski definition) is 1. The number of benzene rings is 1. The van der Waals surface area contributed by atoms with Crippen molar-refractivity contribution in [3.8, 4) is 0 Å². The van der Waals surface area contributed by atoms with Crippen LogP contribution in [0.5, 0.6) is 0 Å². The van der Waals surface area contributed by atoms with Crippen LogP contribution >= 0.6 is 0 Å². The summed E-state index contributed by atoms with van der Waals surface area (Å²) in [5, 5.41) is 3.55. The van der Waals surface area contributed by atoms with Gasteiger partial charge in [0.2, 0.25) is 0 Å². The van der Waals surface area contributed by atoms with Gasteiger partial charge in [0, 0.05) is 12.5 Å². The lowest BCUT2D eigenvalue weighted by molar-refractivity contribution is 0.0744. The van der Waals surface area contributed by atoms with Crippen LogP contribution in [0.15, 0.2) is 30.3 Å². The molecule has 1 aromatic rings. The monoisotopic (exact) mass is 263 g/mol. The molecule has 0 aliphatic carbocycles. The number of hydrogen-bond acceptors (Lipinski definition) is 3. The molecule has 1 aliphatic rings. The van der Waals surface area contributed by atoms with Gasteiger partial charge in [0.25, 0.3) is 0 Å². The van der Waals surface area contributed by atoms with Gasteiger partial charge in [0.1, 0.15) is 0 Å². The van der Waals surface area contributed by atoms with Gasteiger partial charge >= 0.3 is 0 Å². The third-order valence-corrected chi connectivity index (χ3v) is 3.50. The lowest BCUT2D eigenvalue weighted by atomic mass is 10.1. The molecule has 0 amide bonds. The molecule has 1 heterocycles. The molecule has 3 heteroatoms. The zero-order valence-corrected chi connectivity index (χ0v) is 11.8. The van der Waals surface area contributed by atoms with Gasteiger partial charge in [0.05, 0.1) is 25.9 Å². The fraction of sp³-hybridized carbons (Fsp3) is 0.625. The molecular weight excluding hydrogens is 238 g/mol. The zero-order chi connectivity index (χ0) is 13.3. The molecule has 3 nitrogen and oxygen atoms in total. The molecule has 0 bridgehead atoms. The van der Waals surface area contributed by atoms with Crippen molar-refractivity contribution in [1.29, 1.82) is 0 Å². The summed E-state index contributed by atoms with van der Waals surface area (Å²) < 4.78 is 11.3. The van der Waals surface area contributed by atoms with Crippen LogP contribution in [0, 0.1) is 5.92 Å². The maximum Gasteiger partial charge on any atom is 0.0661 e. The number of rotatable bonds is 8. The van der Waals surface area contributed by atoms with Crippen molar-refractivity contribution in [3.05, 3.63) is 35.9 Å². The minimum absolute atomic E-state index is 0.295. The van der Waals surface area contributed by atoms with Crippen molar-refractivity contribution in [3.63, 3.8) is 0 Å². The Kier molecular flexibility index (Phi) is 6.34. The summed E-state index contributed by atoms with van der Waals surface area (Å²) in [5.41, 5.74) is 1.30. The number of nitrogens with one attached hydrogen (secondary N) is 1. The molecule has 0 radical (unpaired) electrons. The van der Waals surface area contributed by atoms with E-state index >= 15 is 0 Å². The predicted octanol–water partition coefficient (Wildman–Crippen LogP) is 2.78. The van der Waals surface area contributed by atoms with Gasteiger partial charge in [-0.25, -0.2) is 0 Å². The van der Waals surface area contributed by atoms with E-state index in [1.807, 2.05) is 0 Å². The van der Waals surface area contributed by atoms with Gasteiger partial charge in [0.15, 0.2) is 0 Å². The molecule has 1 saturated heterocycles. The highest BCUT2D eigenvalue weighted by molar-refractivity contribution is 5.18. The Bertz CT molecular complexity index is 336. The largest absolute Gasteiger partial charge is 0.381 e. The molecule has 106 valence electrons. The molecule has 1 aromatic carbocycles. The van der Waals surface area contributed by atoms with Gasteiger partial charge in [-0.3, -0.25) is 0 Å². The average Bonchev–Trinajstić information content (AvgIpc) is 2.97. The van der Waals surface area contributed by atoms with Gasteiger partial charge in [-0.1, -0.05) is 37.3 Å². The van der Waals surface area contributed by atoms with E-state index in [2.05, 4.69) is 42.6 Å². The first kappa shape index (κ1) is 14.5. The molecule has 2 unspecified atom stereocenters. The quantitative estimate of drug-likeness (QED) is 0.782. The Labute approximate surface area is 116 Å². The van der Waals surface area contributed by atoms with Crippen molar-refractivity contribution in [1.82, 2.24) is 5.32 Å². The summed E-state index contributed by atoms with van der Waals surface area (Å²) in [5.74, 6) is 0.586. The van der Waals surface area contributed by atoms with Crippen molar-refractivity contribution < 1.29 is 9.47 Å². The molecule has 1 N–H and O–H groups in total. The van der Waals surface area contributed by atoms with Crippen LogP contribution in [-0.2, 0) is 9.47 Å². The normalized spacial score (nSPS) is 20.6. The van der Waals surface area contributed by atoms with Crippen LogP contribution in [0.3, 0.4) is 0 Å². The summed E-state index contributed by atoms with van der Waals surface area (Å²) in [6.07, 6.45) is 2.28. The van der Waals surface area contributed by atoms with Crippen molar-refractivity contribution >= 4 is 0 Å². The maximum absolute atomic E-state index is 5.89. The second kappa shape index (κ2) is 8.31. The molecule has 1 aliphatic heterocycles. The molecular formula is C16H25NO2. The lowest BCUT2D eigenvalue weighted by Crippen LogP contribution is -2.27. The molecule has 0 saturated carbocycles. The van der Waals surface area contributed by atoms with Crippen LogP contribution in [0.1, 0.15) is 31.4 Å². The summed E-state index contributed by atoms with van der Waals surface area (Å²) in [4.78, 5) is 0. The minimum Gasteiger partial charge on any atom is -0.381 e. The molecule has 0 aromatic heterocycles. The van der Waals surface area contributed by atoms with Gasteiger partial charge in [-0.2, -0.15) is 0 Å². The van der Waals surface area contributed by atoms with Gasteiger partial charge < -0.3 is 14.8 Å². The van der Waals surface area contributed by atoms with E-state index in [-0.39, 0.29) is 0 Å².